The van der Waals surface area contributed by atoms with Crippen LogP contribution in [0.2, 0.25) is 0 Å². The summed E-state index contributed by atoms with van der Waals surface area (Å²) in [6.07, 6.45) is 0.360. The molecular weight excluding hydrogens is 461 g/mol. The van der Waals surface area contributed by atoms with Gasteiger partial charge >= 0.3 is 12.0 Å². The van der Waals surface area contributed by atoms with Crippen LogP contribution in [0.25, 0.3) is 10.9 Å². The van der Waals surface area contributed by atoms with Crippen molar-refractivity contribution in [3.8, 4) is 0 Å². The Kier molecular flexibility index (Phi) is 5.10. The second kappa shape index (κ2) is 8.34. The number of nitrogens with one attached hydrogen (secondary N) is 1. The van der Waals surface area contributed by atoms with Gasteiger partial charge < -0.3 is 9.72 Å². The van der Waals surface area contributed by atoms with Crippen LogP contribution in [0.3, 0.4) is 0 Å². The predicted molar refractivity (Wildman–Crippen MR) is 131 cm³/mol. The lowest BCUT2D eigenvalue weighted by Gasteiger charge is -2.36. The highest BCUT2D eigenvalue weighted by molar-refractivity contribution is 6.22. The zero-order chi connectivity index (χ0) is 25.0. The second-order valence-electron chi connectivity index (χ2n) is 8.87. The highest BCUT2D eigenvalue weighted by Gasteiger charge is 2.53. The van der Waals surface area contributed by atoms with Crippen LogP contribution in [0, 0.1) is 5.82 Å². The van der Waals surface area contributed by atoms with E-state index in [1.165, 1.54) is 12.1 Å². The van der Waals surface area contributed by atoms with Gasteiger partial charge in [0.15, 0.2) is 0 Å². The number of amides is 3. The fourth-order valence-electron chi connectivity index (χ4n) is 5.26. The summed E-state index contributed by atoms with van der Waals surface area (Å²) in [5, 5.41) is 0.997. The first kappa shape index (κ1) is 22.0. The van der Waals surface area contributed by atoms with Crippen LogP contribution in [0.1, 0.15) is 40.1 Å². The number of ether oxygens (including phenoxy) is 1. The maximum Gasteiger partial charge on any atom is 0.338 e. The molecule has 1 N–H and O–H groups in total. The number of fused-ring (bicyclic) bond motifs is 4. The lowest BCUT2D eigenvalue weighted by Crippen LogP contribution is -2.44. The minimum absolute atomic E-state index is 0.250. The van der Waals surface area contributed by atoms with Crippen LogP contribution < -0.4 is 4.90 Å². The van der Waals surface area contributed by atoms with Gasteiger partial charge in [0.25, 0.3) is 5.91 Å². The molecule has 1 fully saturated rings. The summed E-state index contributed by atoms with van der Waals surface area (Å²) in [7, 11) is 0. The van der Waals surface area contributed by atoms with E-state index in [9.17, 15) is 18.8 Å². The number of H-pyrrole nitrogens is 1. The molecule has 2 unspecified atom stereocenters. The predicted octanol–water partition coefficient (Wildman–Crippen LogP) is 4.97. The Morgan fingerprint density at radius 3 is 2.47 bits per heavy atom. The SMILES string of the molecule is CCOC(=O)c1ccc(N2C(=O)C3Cc4c([nH]c5ccccc45)C(c4ccc(F)cc4)N3C2=O)cc1. The number of aromatic amines is 1. The van der Waals surface area contributed by atoms with Crippen LogP contribution in [-0.4, -0.2) is 40.4 Å². The number of aromatic nitrogens is 1. The number of nitrogens with zero attached hydrogens (tertiary/aromatic N) is 2. The van der Waals surface area contributed by atoms with Gasteiger partial charge in [0.1, 0.15) is 17.9 Å². The maximum absolute atomic E-state index is 13.8. The zero-order valence-corrected chi connectivity index (χ0v) is 19.4. The molecule has 1 saturated heterocycles. The number of urea groups is 1. The Hall–Kier alpha value is -4.46. The van der Waals surface area contributed by atoms with Gasteiger partial charge in [0.2, 0.25) is 0 Å². The van der Waals surface area contributed by atoms with Gasteiger partial charge in [-0.3, -0.25) is 9.69 Å². The van der Waals surface area contributed by atoms with Gasteiger partial charge in [0, 0.05) is 23.0 Å². The lowest BCUT2D eigenvalue weighted by atomic mass is 9.89. The van der Waals surface area contributed by atoms with Crippen LogP contribution >= 0.6 is 0 Å². The molecule has 3 heterocycles. The molecule has 2 atom stereocenters. The van der Waals surface area contributed by atoms with Crippen molar-refractivity contribution in [3.63, 3.8) is 0 Å². The van der Waals surface area contributed by atoms with E-state index in [0.29, 0.717) is 23.2 Å². The maximum atomic E-state index is 13.8. The standard InChI is InChI=1S/C28H22FN3O4/c1-2-36-27(34)17-9-13-19(14-10-17)31-26(33)23-15-21-20-5-3-4-6-22(20)30-24(21)25(32(23)28(31)35)16-7-11-18(29)12-8-16/h3-14,23,25,30H,2,15H2,1H3. The molecular formula is C28H22FN3O4. The molecule has 0 bridgehead atoms. The van der Waals surface area contributed by atoms with E-state index in [4.69, 9.17) is 4.74 Å². The molecule has 0 saturated carbocycles. The first-order chi connectivity index (χ1) is 17.5. The average Bonchev–Trinajstić information content (AvgIpc) is 3.38. The van der Waals surface area contributed by atoms with Crippen molar-refractivity contribution >= 4 is 34.5 Å². The van der Waals surface area contributed by atoms with Gasteiger partial charge in [-0.05, 0) is 60.5 Å². The second-order valence-corrected chi connectivity index (χ2v) is 8.87. The number of carbonyl (C=O) groups is 3. The summed E-state index contributed by atoms with van der Waals surface area (Å²) in [6.45, 7) is 1.97. The number of carbonyl (C=O) groups excluding carboxylic acids is 3. The molecule has 0 spiro atoms. The van der Waals surface area contributed by atoms with E-state index in [1.807, 2.05) is 24.3 Å². The third kappa shape index (κ3) is 3.29. The number of rotatable bonds is 4. The Balaban J connectivity index is 1.44. The van der Waals surface area contributed by atoms with Crippen molar-refractivity contribution in [1.29, 1.82) is 0 Å². The summed E-state index contributed by atoms with van der Waals surface area (Å²) >= 11 is 0. The molecule has 1 aromatic heterocycles. The van der Waals surface area contributed by atoms with Crippen LogP contribution in [-0.2, 0) is 16.0 Å². The van der Waals surface area contributed by atoms with Crippen molar-refractivity contribution in [2.75, 3.05) is 11.5 Å². The minimum Gasteiger partial charge on any atom is -0.462 e. The Morgan fingerprint density at radius 1 is 1.03 bits per heavy atom. The van der Waals surface area contributed by atoms with Crippen molar-refractivity contribution in [3.05, 3.63) is 101 Å². The number of para-hydroxylation sites is 1. The third-order valence-electron chi connectivity index (χ3n) is 6.87. The lowest BCUT2D eigenvalue weighted by molar-refractivity contribution is -0.120. The molecule has 6 rings (SSSR count). The van der Waals surface area contributed by atoms with Crippen molar-refractivity contribution < 1.29 is 23.5 Å². The number of imide groups is 1. The number of hydrogen-bond acceptors (Lipinski definition) is 4. The summed E-state index contributed by atoms with van der Waals surface area (Å²) < 4.78 is 18.8. The summed E-state index contributed by atoms with van der Waals surface area (Å²) in [5.41, 5.74) is 4.13. The quantitative estimate of drug-likeness (QED) is 0.328. The molecule has 0 radical (unpaired) electrons. The topological polar surface area (TPSA) is 82.7 Å². The van der Waals surface area contributed by atoms with Crippen molar-refractivity contribution in [1.82, 2.24) is 9.88 Å². The minimum atomic E-state index is -0.719. The molecule has 36 heavy (non-hydrogen) atoms. The van der Waals surface area contributed by atoms with E-state index < -0.39 is 24.1 Å². The molecule has 4 aromatic rings. The van der Waals surface area contributed by atoms with Crippen molar-refractivity contribution in [2.24, 2.45) is 0 Å². The van der Waals surface area contributed by atoms with E-state index in [2.05, 4.69) is 4.98 Å². The van der Waals surface area contributed by atoms with E-state index >= 15 is 0 Å². The van der Waals surface area contributed by atoms with E-state index in [-0.39, 0.29) is 18.3 Å². The van der Waals surface area contributed by atoms with E-state index in [1.54, 1.807) is 48.2 Å². The monoisotopic (exact) mass is 483 g/mol. The highest BCUT2D eigenvalue weighted by atomic mass is 19.1. The van der Waals surface area contributed by atoms with Crippen LogP contribution in [0.4, 0.5) is 14.9 Å². The number of hydrogen-bond donors (Lipinski definition) is 1. The number of halogens is 1. The normalized spacial score (nSPS) is 18.9. The van der Waals surface area contributed by atoms with Crippen molar-refractivity contribution in [2.45, 2.75) is 25.4 Å². The molecule has 0 aliphatic carbocycles. The van der Waals surface area contributed by atoms with Gasteiger partial charge in [-0.25, -0.2) is 18.9 Å². The average molecular weight is 483 g/mol. The van der Waals surface area contributed by atoms with Gasteiger partial charge in [0.05, 0.1) is 17.9 Å². The molecule has 8 heteroatoms. The van der Waals surface area contributed by atoms with Gasteiger partial charge in [-0.2, -0.15) is 0 Å². The number of anilines is 1. The fourth-order valence-corrected chi connectivity index (χ4v) is 5.26. The largest absolute Gasteiger partial charge is 0.462 e. The third-order valence-corrected chi connectivity index (χ3v) is 6.87. The number of esters is 1. The molecule has 180 valence electrons. The van der Waals surface area contributed by atoms with Gasteiger partial charge in [-0.1, -0.05) is 30.3 Å². The highest BCUT2D eigenvalue weighted by Crippen LogP contribution is 2.44. The number of benzene rings is 3. The smallest absolute Gasteiger partial charge is 0.338 e. The Morgan fingerprint density at radius 2 is 1.75 bits per heavy atom. The van der Waals surface area contributed by atoms with E-state index in [0.717, 1.165) is 27.1 Å². The Labute approximate surface area is 206 Å². The molecule has 3 amide bonds. The summed E-state index contributed by atoms with van der Waals surface area (Å²) in [5.74, 6) is -1.19. The zero-order valence-electron chi connectivity index (χ0n) is 19.4. The first-order valence-electron chi connectivity index (χ1n) is 11.8. The van der Waals surface area contributed by atoms with Gasteiger partial charge in [-0.15, -0.1) is 0 Å². The summed E-state index contributed by atoms with van der Waals surface area (Å²) in [4.78, 5) is 45.7. The molecule has 7 nitrogen and oxygen atoms in total. The molecule has 2 aliphatic heterocycles. The summed E-state index contributed by atoms with van der Waals surface area (Å²) in [6, 6.07) is 18.3. The molecule has 2 aliphatic rings. The Bertz CT molecular complexity index is 1510. The van der Waals surface area contributed by atoms with Crippen LogP contribution in [0.15, 0.2) is 72.8 Å². The van der Waals surface area contributed by atoms with Crippen LogP contribution in [0.5, 0.6) is 0 Å². The molecule has 3 aromatic carbocycles. The fraction of sp³-hybridized carbons (Fsp3) is 0.179. The first-order valence-corrected chi connectivity index (χ1v) is 11.8.